The zero-order chi connectivity index (χ0) is 17.4. The zero-order valence-electron chi connectivity index (χ0n) is 12.9. The fourth-order valence-electron chi connectivity index (χ4n) is 2.52. The molecule has 0 spiro atoms. The fourth-order valence-corrected chi connectivity index (χ4v) is 4.18. The molecule has 2 heterocycles. The molecule has 1 aliphatic heterocycles. The van der Waals surface area contributed by atoms with Gasteiger partial charge in [0.2, 0.25) is 0 Å². The number of rotatable bonds is 2. The number of thiophene rings is 1. The van der Waals surface area contributed by atoms with Gasteiger partial charge in [-0.05, 0) is 77.4 Å². The highest BCUT2D eigenvalue weighted by molar-refractivity contribution is 9.10. The molecule has 1 aromatic heterocycles. The Kier molecular flexibility index (Phi) is 4.67. The molecular weight excluding hydrogens is 408 g/mol. The lowest BCUT2D eigenvalue weighted by Crippen LogP contribution is -2.54. The van der Waals surface area contributed by atoms with Crippen LogP contribution in [0.4, 0.5) is 5.69 Å². The van der Waals surface area contributed by atoms with E-state index in [1.165, 1.54) is 16.2 Å². The number of anilines is 1. The Morgan fingerprint density at radius 3 is 2.42 bits per heavy atom. The number of carbonyl (C=O) groups is 2. The van der Waals surface area contributed by atoms with Gasteiger partial charge in [0, 0.05) is 14.7 Å². The summed E-state index contributed by atoms with van der Waals surface area (Å²) < 4.78 is 0.907. The second-order valence-electron chi connectivity index (χ2n) is 5.47. The Labute approximate surface area is 157 Å². The van der Waals surface area contributed by atoms with Crippen molar-refractivity contribution in [2.45, 2.75) is 13.8 Å². The molecule has 0 radical (unpaired) electrons. The van der Waals surface area contributed by atoms with E-state index in [1.807, 2.05) is 43.5 Å². The van der Waals surface area contributed by atoms with Crippen molar-refractivity contribution in [2.24, 2.45) is 0 Å². The highest BCUT2D eigenvalue weighted by Gasteiger charge is 2.34. The number of amides is 2. The van der Waals surface area contributed by atoms with Crippen LogP contribution in [-0.2, 0) is 9.59 Å². The molecule has 3 rings (SSSR count). The van der Waals surface area contributed by atoms with E-state index in [0.717, 1.165) is 20.5 Å². The number of carbonyl (C=O) groups excluding carboxylic acids is 2. The molecule has 0 bridgehead atoms. The molecule has 1 fully saturated rings. The number of benzene rings is 1. The number of hydrogen-bond acceptors (Lipinski definition) is 4. The average Bonchev–Trinajstić information content (AvgIpc) is 2.87. The molecule has 0 saturated carbocycles. The summed E-state index contributed by atoms with van der Waals surface area (Å²) in [4.78, 5) is 27.3. The van der Waals surface area contributed by atoms with Crippen LogP contribution >= 0.6 is 39.5 Å². The lowest BCUT2D eigenvalue weighted by Gasteiger charge is -2.29. The SMILES string of the molecule is Cc1cc(C)cc(N2C(=O)C(=Cc3cc(Br)cs3)C(=O)NC2=S)c1. The Balaban J connectivity index is 2.04. The summed E-state index contributed by atoms with van der Waals surface area (Å²) in [5.74, 6) is -0.895. The number of halogens is 1. The van der Waals surface area contributed by atoms with Gasteiger partial charge in [-0.2, -0.15) is 0 Å². The molecule has 2 aromatic rings. The third kappa shape index (κ3) is 3.33. The maximum atomic E-state index is 12.9. The van der Waals surface area contributed by atoms with Crippen LogP contribution < -0.4 is 10.2 Å². The highest BCUT2D eigenvalue weighted by atomic mass is 79.9. The minimum atomic E-state index is -0.477. The molecule has 24 heavy (non-hydrogen) atoms. The minimum Gasteiger partial charge on any atom is -0.298 e. The van der Waals surface area contributed by atoms with E-state index in [-0.39, 0.29) is 10.7 Å². The van der Waals surface area contributed by atoms with Crippen molar-refractivity contribution in [3.63, 3.8) is 0 Å². The van der Waals surface area contributed by atoms with E-state index in [1.54, 1.807) is 6.08 Å². The quantitative estimate of drug-likeness (QED) is 0.454. The second-order valence-corrected chi connectivity index (χ2v) is 7.72. The third-order valence-corrected chi connectivity index (χ3v) is 5.37. The predicted molar refractivity (Wildman–Crippen MR) is 104 cm³/mol. The standard InChI is InChI=1S/C17H13BrN2O2S2/c1-9-3-10(2)5-12(4-9)20-16(22)14(15(21)19-17(20)23)7-13-6-11(18)8-24-13/h3-8H,1-2H3,(H,19,21,23). The van der Waals surface area contributed by atoms with Gasteiger partial charge in [-0.1, -0.05) is 6.07 Å². The highest BCUT2D eigenvalue weighted by Crippen LogP contribution is 2.26. The van der Waals surface area contributed by atoms with E-state index in [9.17, 15) is 9.59 Å². The van der Waals surface area contributed by atoms with Crippen molar-refractivity contribution in [3.05, 3.63) is 55.7 Å². The van der Waals surface area contributed by atoms with Gasteiger partial charge in [-0.25, -0.2) is 0 Å². The maximum Gasteiger partial charge on any atom is 0.270 e. The van der Waals surface area contributed by atoms with Crippen molar-refractivity contribution in [1.82, 2.24) is 5.32 Å². The molecule has 0 atom stereocenters. The van der Waals surface area contributed by atoms with Crippen molar-refractivity contribution >= 4 is 68.2 Å². The fraction of sp³-hybridized carbons (Fsp3) is 0.118. The number of nitrogens with zero attached hydrogens (tertiary/aromatic N) is 1. The molecule has 0 unspecified atom stereocenters. The van der Waals surface area contributed by atoms with E-state index < -0.39 is 11.8 Å². The number of aryl methyl sites for hydroxylation is 2. The van der Waals surface area contributed by atoms with Gasteiger partial charge in [0.05, 0.1) is 5.69 Å². The summed E-state index contributed by atoms with van der Waals surface area (Å²) in [6, 6.07) is 7.60. The van der Waals surface area contributed by atoms with E-state index >= 15 is 0 Å². The van der Waals surface area contributed by atoms with Gasteiger partial charge < -0.3 is 0 Å². The van der Waals surface area contributed by atoms with Crippen LogP contribution in [0.2, 0.25) is 0 Å². The number of thiocarbonyl (C=S) groups is 1. The third-order valence-electron chi connectivity index (χ3n) is 3.44. The summed E-state index contributed by atoms with van der Waals surface area (Å²) in [6.45, 7) is 3.90. The average molecular weight is 421 g/mol. The minimum absolute atomic E-state index is 0.0668. The van der Waals surface area contributed by atoms with E-state index in [0.29, 0.717) is 5.69 Å². The molecule has 1 N–H and O–H groups in total. The molecule has 122 valence electrons. The first-order valence-electron chi connectivity index (χ1n) is 7.09. The Morgan fingerprint density at radius 1 is 1.17 bits per heavy atom. The van der Waals surface area contributed by atoms with E-state index in [2.05, 4.69) is 21.2 Å². The molecule has 2 amide bonds. The Morgan fingerprint density at radius 2 is 1.83 bits per heavy atom. The van der Waals surface area contributed by atoms with Crippen LogP contribution in [0.25, 0.3) is 6.08 Å². The first-order chi connectivity index (χ1) is 11.3. The van der Waals surface area contributed by atoms with Crippen LogP contribution in [0.3, 0.4) is 0 Å². The van der Waals surface area contributed by atoms with Gasteiger partial charge in [0.1, 0.15) is 5.57 Å². The monoisotopic (exact) mass is 420 g/mol. The van der Waals surface area contributed by atoms with Gasteiger partial charge >= 0.3 is 0 Å². The molecular formula is C17H13BrN2O2S2. The van der Waals surface area contributed by atoms with Gasteiger partial charge in [-0.15, -0.1) is 11.3 Å². The number of hydrogen-bond donors (Lipinski definition) is 1. The smallest absolute Gasteiger partial charge is 0.270 e. The van der Waals surface area contributed by atoms with Crippen LogP contribution in [-0.4, -0.2) is 16.9 Å². The zero-order valence-corrected chi connectivity index (χ0v) is 16.1. The summed E-state index contributed by atoms with van der Waals surface area (Å²) >= 11 is 10.0. The van der Waals surface area contributed by atoms with Gasteiger partial charge in [0.25, 0.3) is 11.8 Å². The summed E-state index contributed by atoms with van der Waals surface area (Å²) in [5.41, 5.74) is 2.76. The molecule has 1 aliphatic rings. The summed E-state index contributed by atoms with van der Waals surface area (Å²) in [6.07, 6.45) is 1.59. The largest absolute Gasteiger partial charge is 0.298 e. The Hall–Kier alpha value is -1.83. The first-order valence-corrected chi connectivity index (χ1v) is 9.17. The van der Waals surface area contributed by atoms with Crippen molar-refractivity contribution in [1.29, 1.82) is 0 Å². The van der Waals surface area contributed by atoms with Crippen LogP contribution in [0.15, 0.2) is 39.7 Å². The lowest BCUT2D eigenvalue weighted by molar-refractivity contribution is -0.122. The van der Waals surface area contributed by atoms with Crippen molar-refractivity contribution < 1.29 is 9.59 Å². The first kappa shape index (κ1) is 17.0. The van der Waals surface area contributed by atoms with Crippen LogP contribution in [0, 0.1) is 13.8 Å². The second kappa shape index (κ2) is 6.58. The molecule has 1 saturated heterocycles. The summed E-state index contributed by atoms with van der Waals surface area (Å²) in [7, 11) is 0. The summed E-state index contributed by atoms with van der Waals surface area (Å²) in [5, 5.41) is 4.59. The predicted octanol–water partition coefficient (Wildman–Crippen LogP) is 3.96. The van der Waals surface area contributed by atoms with Crippen LogP contribution in [0.1, 0.15) is 16.0 Å². The van der Waals surface area contributed by atoms with Gasteiger partial charge in [-0.3, -0.25) is 19.8 Å². The molecule has 4 nitrogen and oxygen atoms in total. The Bertz CT molecular complexity index is 881. The van der Waals surface area contributed by atoms with Crippen molar-refractivity contribution in [2.75, 3.05) is 4.90 Å². The normalized spacial score (nSPS) is 16.7. The maximum absolute atomic E-state index is 12.9. The topological polar surface area (TPSA) is 49.4 Å². The lowest BCUT2D eigenvalue weighted by atomic mass is 10.1. The van der Waals surface area contributed by atoms with E-state index in [4.69, 9.17) is 12.2 Å². The van der Waals surface area contributed by atoms with Crippen molar-refractivity contribution in [3.8, 4) is 0 Å². The number of nitrogens with one attached hydrogen (secondary N) is 1. The van der Waals surface area contributed by atoms with Crippen LogP contribution in [0.5, 0.6) is 0 Å². The molecule has 1 aromatic carbocycles. The van der Waals surface area contributed by atoms with Gasteiger partial charge in [0.15, 0.2) is 5.11 Å². The molecule has 0 aliphatic carbocycles. The molecule has 7 heteroatoms.